The number of aryl methyl sites for hydroxylation is 2. The van der Waals surface area contributed by atoms with E-state index >= 15 is 0 Å². The normalized spacial score (nSPS) is 13.8. The fourth-order valence-corrected chi connectivity index (χ4v) is 2.57. The molecule has 0 unspecified atom stereocenters. The Balaban J connectivity index is 2.17. The Labute approximate surface area is 109 Å². The van der Waals surface area contributed by atoms with Gasteiger partial charge < -0.3 is 0 Å². The summed E-state index contributed by atoms with van der Waals surface area (Å²) in [6.45, 7) is 0. The van der Waals surface area contributed by atoms with Gasteiger partial charge in [-0.1, -0.05) is 48.5 Å². The molecule has 0 saturated heterocycles. The molecular formula is C18H16. The molecule has 88 valence electrons. The van der Waals surface area contributed by atoms with Gasteiger partial charge in [0.2, 0.25) is 0 Å². The van der Waals surface area contributed by atoms with Gasteiger partial charge in [-0.2, -0.15) is 0 Å². The van der Waals surface area contributed by atoms with Crippen LogP contribution in [-0.4, -0.2) is 0 Å². The molecule has 0 heteroatoms. The SMILES string of the molecule is C1#CCCc2ccccc2-c2ccccc2CC1. The topological polar surface area (TPSA) is 0 Å². The maximum Gasteiger partial charge on any atom is 0.0129 e. The van der Waals surface area contributed by atoms with E-state index in [-0.39, 0.29) is 0 Å². The molecule has 2 aromatic carbocycles. The van der Waals surface area contributed by atoms with Crippen LogP contribution in [0, 0.1) is 11.8 Å². The summed E-state index contributed by atoms with van der Waals surface area (Å²) in [5.41, 5.74) is 5.61. The largest absolute Gasteiger partial charge is 0.103 e. The van der Waals surface area contributed by atoms with Gasteiger partial charge in [0, 0.05) is 12.8 Å². The Morgan fingerprint density at radius 1 is 0.611 bits per heavy atom. The predicted molar refractivity (Wildman–Crippen MR) is 76.3 cm³/mol. The third-order valence-corrected chi connectivity index (χ3v) is 3.49. The van der Waals surface area contributed by atoms with Crippen LogP contribution in [0.5, 0.6) is 0 Å². The van der Waals surface area contributed by atoms with Gasteiger partial charge in [-0.05, 0) is 35.1 Å². The molecule has 0 bridgehead atoms. The van der Waals surface area contributed by atoms with Crippen molar-refractivity contribution in [2.24, 2.45) is 0 Å². The second kappa shape index (κ2) is 5.10. The number of rotatable bonds is 0. The van der Waals surface area contributed by atoms with Crippen molar-refractivity contribution in [3.63, 3.8) is 0 Å². The molecule has 0 saturated carbocycles. The van der Waals surface area contributed by atoms with Gasteiger partial charge in [0.1, 0.15) is 0 Å². The van der Waals surface area contributed by atoms with Crippen molar-refractivity contribution in [2.45, 2.75) is 25.7 Å². The lowest BCUT2D eigenvalue weighted by molar-refractivity contribution is 0.992. The van der Waals surface area contributed by atoms with Gasteiger partial charge in [0.25, 0.3) is 0 Å². The minimum absolute atomic E-state index is 0.971. The molecule has 0 aliphatic heterocycles. The van der Waals surface area contributed by atoms with E-state index in [1.165, 1.54) is 22.3 Å². The van der Waals surface area contributed by atoms with Crippen molar-refractivity contribution in [3.8, 4) is 23.0 Å². The Morgan fingerprint density at radius 3 is 1.56 bits per heavy atom. The molecule has 0 aromatic heterocycles. The first kappa shape index (κ1) is 11.1. The van der Waals surface area contributed by atoms with Crippen LogP contribution in [0.25, 0.3) is 11.1 Å². The Kier molecular flexibility index (Phi) is 3.15. The molecule has 0 amide bonds. The molecular weight excluding hydrogens is 216 g/mol. The molecule has 0 spiro atoms. The van der Waals surface area contributed by atoms with Crippen LogP contribution in [0.3, 0.4) is 0 Å². The Morgan fingerprint density at radius 2 is 1.06 bits per heavy atom. The van der Waals surface area contributed by atoms with Crippen molar-refractivity contribution in [3.05, 3.63) is 59.7 Å². The summed E-state index contributed by atoms with van der Waals surface area (Å²) in [6.07, 6.45) is 4.05. The van der Waals surface area contributed by atoms with Gasteiger partial charge in [0.15, 0.2) is 0 Å². The average molecular weight is 232 g/mol. The van der Waals surface area contributed by atoms with E-state index in [1.54, 1.807) is 0 Å². The highest BCUT2D eigenvalue weighted by molar-refractivity contribution is 5.71. The molecule has 0 fully saturated rings. The van der Waals surface area contributed by atoms with Gasteiger partial charge in [0.05, 0.1) is 0 Å². The molecule has 0 heterocycles. The van der Waals surface area contributed by atoms with Crippen molar-refractivity contribution < 1.29 is 0 Å². The first-order valence-corrected chi connectivity index (χ1v) is 6.57. The van der Waals surface area contributed by atoms with E-state index in [0.717, 1.165) is 25.7 Å². The molecule has 2 aromatic rings. The molecule has 3 rings (SSSR count). The van der Waals surface area contributed by atoms with E-state index in [9.17, 15) is 0 Å². The zero-order valence-electron chi connectivity index (χ0n) is 10.4. The van der Waals surface area contributed by atoms with Gasteiger partial charge in [-0.3, -0.25) is 0 Å². The third-order valence-electron chi connectivity index (χ3n) is 3.49. The molecule has 1 aliphatic rings. The van der Waals surface area contributed by atoms with Crippen LogP contribution in [-0.2, 0) is 12.8 Å². The van der Waals surface area contributed by atoms with Crippen molar-refractivity contribution in [1.29, 1.82) is 0 Å². The summed E-state index contributed by atoms with van der Waals surface area (Å²) in [5.74, 6) is 6.55. The summed E-state index contributed by atoms with van der Waals surface area (Å²) in [4.78, 5) is 0. The number of fused-ring (bicyclic) bond motifs is 3. The van der Waals surface area contributed by atoms with Crippen LogP contribution in [0.2, 0.25) is 0 Å². The van der Waals surface area contributed by atoms with Crippen molar-refractivity contribution in [1.82, 2.24) is 0 Å². The molecule has 18 heavy (non-hydrogen) atoms. The lowest BCUT2D eigenvalue weighted by Gasteiger charge is -2.13. The van der Waals surface area contributed by atoms with Crippen LogP contribution in [0.4, 0.5) is 0 Å². The quantitative estimate of drug-likeness (QED) is 0.596. The van der Waals surface area contributed by atoms with Crippen molar-refractivity contribution in [2.75, 3.05) is 0 Å². The summed E-state index contributed by atoms with van der Waals surface area (Å²) in [5, 5.41) is 0. The highest BCUT2D eigenvalue weighted by Crippen LogP contribution is 2.29. The fraction of sp³-hybridized carbons (Fsp3) is 0.222. The zero-order valence-corrected chi connectivity index (χ0v) is 10.4. The molecule has 0 atom stereocenters. The molecule has 0 nitrogen and oxygen atoms in total. The summed E-state index contributed by atoms with van der Waals surface area (Å²) in [6, 6.07) is 17.5. The van der Waals surface area contributed by atoms with Crippen LogP contribution in [0.1, 0.15) is 24.0 Å². The Hall–Kier alpha value is -2.00. The lowest BCUT2D eigenvalue weighted by atomic mass is 9.91. The van der Waals surface area contributed by atoms with Crippen LogP contribution < -0.4 is 0 Å². The smallest absolute Gasteiger partial charge is 0.0129 e. The summed E-state index contributed by atoms with van der Waals surface area (Å²) in [7, 11) is 0. The standard InChI is InChI=1S/C18H16/c1-2-4-10-16-12-6-8-14-18(16)17-13-7-5-11-15(17)9-3-1/h5-8,11-14H,3-4,9-10H2. The molecule has 1 aliphatic carbocycles. The van der Waals surface area contributed by atoms with E-state index in [2.05, 4.69) is 60.4 Å². The number of benzene rings is 2. The minimum Gasteiger partial charge on any atom is -0.103 e. The monoisotopic (exact) mass is 232 g/mol. The van der Waals surface area contributed by atoms with E-state index < -0.39 is 0 Å². The lowest BCUT2D eigenvalue weighted by Crippen LogP contribution is -1.95. The maximum absolute atomic E-state index is 3.28. The first-order chi connectivity index (χ1) is 8.95. The summed E-state index contributed by atoms with van der Waals surface area (Å²) >= 11 is 0. The zero-order chi connectivity index (χ0) is 12.2. The highest BCUT2D eigenvalue weighted by Gasteiger charge is 2.08. The van der Waals surface area contributed by atoms with E-state index in [0.29, 0.717) is 0 Å². The summed E-state index contributed by atoms with van der Waals surface area (Å²) < 4.78 is 0. The molecule has 0 radical (unpaired) electrons. The predicted octanol–water partition coefficient (Wildman–Crippen LogP) is 4.24. The van der Waals surface area contributed by atoms with Gasteiger partial charge >= 0.3 is 0 Å². The fourth-order valence-electron chi connectivity index (χ4n) is 2.57. The first-order valence-electron chi connectivity index (χ1n) is 6.57. The molecule has 0 N–H and O–H groups in total. The second-order valence-corrected chi connectivity index (χ2v) is 4.67. The second-order valence-electron chi connectivity index (χ2n) is 4.67. The maximum atomic E-state index is 3.28. The minimum atomic E-state index is 0.971. The van der Waals surface area contributed by atoms with Crippen LogP contribution >= 0.6 is 0 Å². The van der Waals surface area contributed by atoms with E-state index in [4.69, 9.17) is 0 Å². The highest BCUT2D eigenvalue weighted by atomic mass is 14.1. The third kappa shape index (κ3) is 2.17. The average Bonchev–Trinajstić information content (AvgIpc) is 2.44. The number of hydrogen-bond donors (Lipinski definition) is 0. The van der Waals surface area contributed by atoms with Gasteiger partial charge in [-0.25, -0.2) is 0 Å². The van der Waals surface area contributed by atoms with Crippen LogP contribution in [0.15, 0.2) is 48.5 Å². The van der Waals surface area contributed by atoms with Gasteiger partial charge in [-0.15, -0.1) is 11.8 Å². The Bertz CT molecular complexity index is 558. The van der Waals surface area contributed by atoms with E-state index in [1.807, 2.05) is 0 Å². The number of hydrogen-bond acceptors (Lipinski definition) is 0. The van der Waals surface area contributed by atoms with Crippen molar-refractivity contribution >= 4 is 0 Å².